The lowest BCUT2D eigenvalue weighted by molar-refractivity contribution is -0.150. The van der Waals surface area contributed by atoms with Gasteiger partial charge in [0.2, 0.25) is 0 Å². The Bertz CT molecular complexity index is 1150. The monoisotopic (exact) mass is 381 g/mol. The average molecular weight is 381 g/mol. The van der Waals surface area contributed by atoms with Gasteiger partial charge in [-0.25, -0.2) is 9.59 Å². The minimum absolute atomic E-state index is 0.253. The molecule has 0 saturated heterocycles. The Labute approximate surface area is 160 Å². The van der Waals surface area contributed by atoms with E-state index in [4.69, 9.17) is 9.47 Å². The average Bonchev–Trinajstić information content (AvgIpc) is 2.69. The Morgan fingerprint density at radius 2 is 1.89 bits per heavy atom. The van der Waals surface area contributed by atoms with E-state index in [2.05, 4.69) is 10.1 Å². The standard InChI is InChI=1S/C20H19N3O5/c1-3-27-19(25)13(2)28-17-11-7-4-8-14(17)12-21-23-18(24)15-9-5-6-10-16(15)22-20(23)26/h4-13H,3H2,1-2H3,(H,22,26). The Morgan fingerprint density at radius 1 is 1.18 bits per heavy atom. The number of rotatable bonds is 6. The highest BCUT2D eigenvalue weighted by Gasteiger charge is 2.17. The third kappa shape index (κ3) is 4.01. The van der Waals surface area contributed by atoms with E-state index in [1.165, 1.54) is 6.21 Å². The summed E-state index contributed by atoms with van der Waals surface area (Å²) in [5, 5.41) is 4.36. The zero-order valence-electron chi connectivity index (χ0n) is 15.4. The van der Waals surface area contributed by atoms with Crippen molar-refractivity contribution in [1.29, 1.82) is 0 Å². The highest BCUT2D eigenvalue weighted by molar-refractivity contribution is 5.84. The fourth-order valence-corrected chi connectivity index (χ4v) is 2.57. The number of H-pyrrole nitrogens is 1. The van der Waals surface area contributed by atoms with E-state index in [1.54, 1.807) is 62.4 Å². The number of carbonyl (C=O) groups excluding carboxylic acids is 1. The number of fused-ring (bicyclic) bond motifs is 1. The van der Waals surface area contributed by atoms with Gasteiger partial charge in [-0.2, -0.15) is 5.10 Å². The van der Waals surface area contributed by atoms with Gasteiger partial charge in [-0.3, -0.25) is 4.79 Å². The predicted octanol–water partition coefficient (Wildman–Crippen LogP) is 1.90. The number of para-hydroxylation sites is 2. The predicted molar refractivity (Wildman–Crippen MR) is 105 cm³/mol. The van der Waals surface area contributed by atoms with Crippen molar-refractivity contribution in [3.8, 4) is 5.75 Å². The van der Waals surface area contributed by atoms with Crippen LogP contribution >= 0.6 is 0 Å². The SMILES string of the molecule is CCOC(=O)C(C)Oc1ccccc1C=Nn1c(=O)[nH]c2ccccc2c1=O. The molecule has 28 heavy (non-hydrogen) atoms. The molecule has 0 aliphatic heterocycles. The first kappa shape index (κ1) is 19.1. The summed E-state index contributed by atoms with van der Waals surface area (Å²) >= 11 is 0. The Kier molecular flexibility index (Phi) is 5.69. The Balaban J connectivity index is 1.94. The molecule has 0 radical (unpaired) electrons. The van der Waals surface area contributed by atoms with E-state index in [0.717, 1.165) is 4.68 Å². The molecule has 1 N–H and O–H groups in total. The normalized spacial score (nSPS) is 12.2. The number of benzene rings is 2. The van der Waals surface area contributed by atoms with Crippen LogP contribution in [0.25, 0.3) is 10.9 Å². The molecule has 0 amide bonds. The van der Waals surface area contributed by atoms with Crippen molar-refractivity contribution in [3.05, 3.63) is 74.9 Å². The van der Waals surface area contributed by atoms with Crippen LogP contribution in [0.4, 0.5) is 0 Å². The molecule has 2 aromatic carbocycles. The second kappa shape index (κ2) is 8.34. The van der Waals surface area contributed by atoms with Gasteiger partial charge in [0, 0.05) is 5.56 Å². The molecule has 1 unspecified atom stereocenters. The van der Waals surface area contributed by atoms with Gasteiger partial charge in [0.15, 0.2) is 6.10 Å². The van der Waals surface area contributed by atoms with Gasteiger partial charge in [-0.05, 0) is 38.1 Å². The maximum atomic E-state index is 12.5. The van der Waals surface area contributed by atoms with Crippen molar-refractivity contribution in [3.63, 3.8) is 0 Å². The van der Waals surface area contributed by atoms with Crippen LogP contribution in [-0.2, 0) is 9.53 Å². The van der Waals surface area contributed by atoms with E-state index in [0.29, 0.717) is 22.2 Å². The summed E-state index contributed by atoms with van der Waals surface area (Å²) in [6, 6.07) is 13.5. The van der Waals surface area contributed by atoms with Crippen molar-refractivity contribution in [2.75, 3.05) is 6.61 Å². The molecule has 1 atom stereocenters. The smallest absolute Gasteiger partial charge is 0.349 e. The maximum absolute atomic E-state index is 12.5. The summed E-state index contributed by atoms with van der Waals surface area (Å²) in [5.41, 5.74) is -0.249. The summed E-state index contributed by atoms with van der Waals surface area (Å²) in [4.78, 5) is 39.1. The van der Waals surface area contributed by atoms with Crippen LogP contribution in [-0.4, -0.2) is 34.6 Å². The molecule has 0 fully saturated rings. The lowest BCUT2D eigenvalue weighted by Gasteiger charge is -2.14. The first-order valence-corrected chi connectivity index (χ1v) is 8.72. The zero-order chi connectivity index (χ0) is 20.1. The third-order valence-electron chi connectivity index (χ3n) is 3.94. The summed E-state index contributed by atoms with van der Waals surface area (Å²) in [5.74, 6) is -0.117. The number of nitrogens with zero attached hydrogens (tertiary/aromatic N) is 2. The molecule has 3 aromatic rings. The molecule has 144 valence electrons. The van der Waals surface area contributed by atoms with Crippen molar-refractivity contribution in [2.24, 2.45) is 5.10 Å². The molecule has 1 heterocycles. The van der Waals surface area contributed by atoms with Crippen molar-refractivity contribution < 1.29 is 14.3 Å². The quantitative estimate of drug-likeness (QED) is 0.519. The summed E-state index contributed by atoms with van der Waals surface area (Å²) < 4.78 is 11.3. The topological polar surface area (TPSA) is 103 Å². The van der Waals surface area contributed by atoms with Crippen LogP contribution in [0.15, 0.2) is 63.2 Å². The molecule has 0 spiro atoms. The molecule has 0 bridgehead atoms. The van der Waals surface area contributed by atoms with Gasteiger partial charge in [-0.1, -0.05) is 24.3 Å². The number of hydrogen-bond acceptors (Lipinski definition) is 6. The summed E-state index contributed by atoms with van der Waals surface area (Å²) in [6.45, 7) is 3.54. The first-order valence-electron chi connectivity index (χ1n) is 8.72. The molecular formula is C20H19N3O5. The van der Waals surface area contributed by atoms with Gasteiger partial charge < -0.3 is 14.5 Å². The van der Waals surface area contributed by atoms with Crippen molar-refractivity contribution >= 4 is 23.1 Å². The van der Waals surface area contributed by atoms with Gasteiger partial charge in [-0.15, -0.1) is 4.68 Å². The van der Waals surface area contributed by atoms with Crippen LogP contribution in [0.1, 0.15) is 19.4 Å². The number of ether oxygens (including phenoxy) is 2. The van der Waals surface area contributed by atoms with E-state index < -0.39 is 23.3 Å². The fourth-order valence-electron chi connectivity index (χ4n) is 2.57. The highest BCUT2D eigenvalue weighted by atomic mass is 16.6. The second-order valence-corrected chi connectivity index (χ2v) is 5.89. The Hall–Kier alpha value is -3.68. The minimum Gasteiger partial charge on any atom is -0.478 e. The van der Waals surface area contributed by atoms with Crippen LogP contribution < -0.4 is 16.0 Å². The van der Waals surface area contributed by atoms with Crippen LogP contribution in [0, 0.1) is 0 Å². The minimum atomic E-state index is -0.818. The Morgan fingerprint density at radius 3 is 2.68 bits per heavy atom. The number of nitrogens with one attached hydrogen (secondary N) is 1. The third-order valence-corrected chi connectivity index (χ3v) is 3.94. The van der Waals surface area contributed by atoms with Gasteiger partial charge >= 0.3 is 11.7 Å². The van der Waals surface area contributed by atoms with E-state index in [-0.39, 0.29) is 6.61 Å². The van der Waals surface area contributed by atoms with Gasteiger partial charge in [0.1, 0.15) is 5.75 Å². The molecule has 0 aliphatic carbocycles. The van der Waals surface area contributed by atoms with E-state index in [1.807, 2.05) is 0 Å². The lowest BCUT2D eigenvalue weighted by Crippen LogP contribution is -2.32. The largest absolute Gasteiger partial charge is 0.478 e. The number of hydrogen-bond donors (Lipinski definition) is 1. The van der Waals surface area contributed by atoms with Crippen LogP contribution in [0.2, 0.25) is 0 Å². The molecular weight excluding hydrogens is 362 g/mol. The highest BCUT2D eigenvalue weighted by Crippen LogP contribution is 2.18. The molecule has 0 saturated carbocycles. The molecule has 3 rings (SSSR count). The first-order chi connectivity index (χ1) is 13.5. The van der Waals surface area contributed by atoms with Crippen LogP contribution in [0.3, 0.4) is 0 Å². The fraction of sp³-hybridized carbons (Fsp3) is 0.200. The molecule has 0 aliphatic rings. The molecule has 8 heteroatoms. The number of esters is 1. The van der Waals surface area contributed by atoms with E-state index in [9.17, 15) is 14.4 Å². The molecule has 1 aromatic heterocycles. The van der Waals surface area contributed by atoms with Gasteiger partial charge in [0.25, 0.3) is 5.56 Å². The zero-order valence-corrected chi connectivity index (χ0v) is 15.4. The van der Waals surface area contributed by atoms with E-state index >= 15 is 0 Å². The van der Waals surface area contributed by atoms with Crippen LogP contribution in [0.5, 0.6) is 5.75 Å². The van der Waals surface area contributed by atoms with Crippen molar-refractivity contribution in [1.82, 2.24) is 9.66 Å². The maximum Gasteiger partial charge on any atom is 0.349 e. The lowest BCUT2D eigenvalue weighted by atomic mass is 10.2. The summed E-state index contributed by atoms with van der Waals surface area (Å²) in [7, 11) is 0. The summed E-state index contributed by atoms with van der Waals surface area (Å²) in [6.07, 6.45) is 0.514. The van der Waals surface area contributed by atoms with Crippen molar-refractivity contribution in [2.45, 2.75) is 20.0 Å². The molecule has 8 nitrogen and oxygen atoms in total. The number of aromatic nitrogens is 2. The number of carbonyl (C=O) groups is 1. The number of aromatic amines is 1. The second-order valence-electron chi connectivity index (χ2n) is 5.89. The van der Waals surface area contributed by atoms with Gasteiger partial charge in [0.05, 0.1) is 23.7 Å².